The van der Waals surface area contributed by atoms with Gasteiger partial charge < -0.3 is 14.0 Å². The maximum Gasteiger partial charge on any atom is 0.0780 e. The third-order valence-electron chi connectivity index (χ3n) is 7.09. The summed E-state index contributed by atoms with van der Waals surface area (Å²) in [5.74, 6) is 0. The van der Waals surface area contributed by atoms with E-state index < -0.39 is 0 Å². The highest BCUT2D eigenvalue weighted by atomic mass is 16.5. The maximum absolute atomic E-state index is 5.78. The number of ether oxygens (including phenoxy) is 2. The lowest BCUT2D eigenvalue weighted by molar-refractivity contribution is -0.870. The van der Waals surface area contributed by atoms with Crippen LogP contribution in [0.5, 0.6) is 0 Å². The molecule has 0 spiro atoms. The van der Waals surface area contributed by atoms with E-state index in [0.29, 0.717) is 0 Å². The quantitative estimate of drug-likeness (QED) is 0.0724. The van der Waals surface area contributed by atoms with E-state index in [0.717, 1.165) is 37.3 Å². The lowest BCUT2D eigenvalue weighted by Gasteiger charge is -2.23. The van der Waals surface area contributed by atoms with Gasteiger partial charge in [-0.15, -0.1) is 0 Å². The highest BCUT2D eigenvalue weighted by Gasteiger charge is 2.05. The maximum atomic E-state index is 5.78. The van der Waals surface area contributed by atoms with Crippen LogP contribution in [0.1, 0.15) is 155 Å². The number of quaternary nitrogens is 1. The molecule has 0 atom stereocenters. The minimum Gasteiger partial charge on any atom is -0.381 e. The summed E-state index contributed by atoms with van der Waals surface area (Å²) in [7, 11) is 6.84. The number of rotatable bonds is 30. The van der Waals surface area contributed by atoms with E-state index in [1.165, 1.54) is 148 Å². The first-order chi connectivity index (χ1) is 17.1. The van der Waals surface area contributed by atoms with Gasteiger partial charge in [0.25, 0.3) is 0 Å². The Kier molecular flexibility index (Phi) is 28.4. The van der Waals surface area contributed by atoms with E-state index in [4.69, 9.17) is 9.47 Å². The first-order valence-electron chi connectivity index (χ1n) is 16.0. The number of hydrogen-bond donors (Lipinski definition) is 0. The molecule has 0 heterocycles. The van der Waals surface area contributed by atoms with E-state index in [1.807, 2.05) is 0 Å². The van der Waals surface area contributed by atoms with Gasteiger partial charge in [0.1, 0.15) is 0 Å². The fourth-order valence-electron chi connectivity index (χ4n) is 4.72. The summed E-state index contributed by atoms with van der Waals surface area (Å²) in [5.41, 5.74) is 0. The average molecular weight is 499 g/mol. The van der Waals surface area contributed by atoms with Gasteiger partial charge in [0.2, 0.25) is 0 Å². The molecule has 0 radical (unpaired) electrons. The van der Waals surface area contributed by atoms with Crippen LogP contribution < -0.4 is 0 Å². The molecule has 35 heavy (non-hydrogen) atoms. The number of hydrogen-bond acceptors (Lipinski definition) is 2. The van der Waals surface area contributed by atoms with Crippen LogP contribution in [0.25, 0.3) is 0 Å². The lowest BCUT2D eigenvalue weighted by Crippen LogP contribution is -2.35. The zero-order valence-electron chi connectivity index (χ0n) is 25.1. The molecule has 0 aliphatic rings. The molecule has 0 fully saturated rings. The second-order valence-corrected chi connectivity index (χ2v) is 12.0. The summed E-state index contributed by atoms with van der Waals surface area (Å²) in [6.45, 7) is 7.19. The molecule has 212 valence electrons. The Bertz CT molecular complexity index is 380. The van der Waals surface area contributed by atoms with Crippen LogP contribution in [-0.4, -0.2) is 58.6 Å². The summed E-state index contributed by atoms with van der Waals surface area (Å²) < 4.78 is 12.6. The van der Waals surface area contributed by atoms with Crippen molar-refractivity contribution >= 4 is 0 Å². The molecule has 0 rings (SSSR count). The van der Waals surface area contributed by atoms with Gasteiger partial charge >= 0.3 is 0 Å². The van der Waals surface area contributed by atoms with E-state index in [1.54, 1.807) is 0 Å². The van der Waals surface area contributed by atoms with Gasteiger partial charge in [0.05, 0.1) is 27.7 Å². The van der Waals surface area contributed by atoms with Crippen molar-refractivity contribution in [2.75, 3.05) is 54.1 Å². The van der Waals surface area contributed by atoms with Crippen molar-refractivity contribution < 1.29 is 14.0 Å². The largest absolute Gasteiger partial charge is 0.381 e. The van der Waals surface area contributed by atoms with Crippen LogP contribution in [0.2, 0.25) is 0 Å². The molecule has 0 unspecified atom stereocenters. The number of unbranched alkanes of at least 4 members (excludes halogenated alkanes) is 20. The molecule has 3 heteroatoms. The second kappa shape index (κ2) is 28.5. The third kappa shape index (κ3) is 33.9. The van der Waals surface area contributed by atoms with Crippen LogP contribution in [0.3, 0.4) is 0 Å². The van der Waals surface area contributed by atoms with Gasteiger partial charge in [-0.25, -0.2) is 0 Å². The van der Waals surface area contributed by atoms with Crippen molar-refractivity contribution in [3.63, 3.8) is 0 Å². The van der Waals surface area contributed by atoms with E-state index in [2.05, 4.69) is 28.1 Å². The van der Waals surface area contributed by atoms with Gasteiger partial charge in [0, 0.05) is 26.4 Å². The lowest BCUT2D eigenvalue weighted by atomic mass is 10.0. The van der Waals surface area contributed by atoms with E-state index in [-0.39, 0.29) is 0 Å². The number of nitrogens with zero attached hydrogens (tertiary/aromatic N) is 1. The van der Waals surface area contributed by atoms with Gasteiger partial charge in [-0.3, -0.25) is 0 Å². The molecular formula is C32H68NO2+. The smallest absolute Gasteiger partial charge is 0.0780 e. The highest BCUT2D eigenvalue weighted by molar-refractivity contribution is 4.50. The van der Waals surface area contributed by atoms with E-state index >= 15 is 0 Å². The van der Waals surface area contributed by atoms with Crippen LogP contribution in [0.4, 0.5) is 0 Å². The summed E-state index contributed by atoms with van der Waals surface area (Å²) in [4.78, 5) is 0. The molecule has 3 nitrogen and oxygen atoms in total. The second-order valence-electron chi connectivity index (χ2n) is 12.0. The predicted molar refractivity (Wildman–Crippen MR) is 156 cm³/mol. The molecular weight excluding hydrogens is 430 g/mol. The summed E-state index contributed by atoms with van der Waals surface area (Å²) in [6, 6.07) is 0. The topological polar surface area (TPSA) is 18.5 Å². The van der Waals surface area contributed by atoms with Crippen molar-refractivity contribution in [1.82, 2.24) is 0 Å². The first-order valence-corrected chi connectivity index (χ1v) is 16.0. The fraction of sp³-hybridized carbons (Fsp3) is 1.00. The van der Waals surface area contributed by atoms with Crippen LogP contribution in [0.15, 0.2) is 0 Å². The molecule has 0 bridgehead atoms. The molecule has 0 aliphatic heterocycles. The molecule has 0 amide bonds. The predicted octanol–water partition coefficient (Wildman–Crippen LogP) is 9.72. The fourth-order valence-corrected chi connectivity index (χ4v) is 4.72. The average Bonchev–Trinajstić information content (AvgIpc) is 2.82. The molecule has 0 N–H and O–H groups in total. The zero-order chi connectivity index (χ0) is 25.7. The van der Waals surface area contributed by atoms with Crippen molar-refractivity contribution in [3.8, 4) is 0 Å². The molecule has 0 saturated heterocycles. The van der Waals surface area contributed by atoms with Crippen LogP contribution in [0, 0.1) is 0 Å². The normalized spacial score (nSPS) is 12.0. The van der Waals surface area contributed by atoms with Crippen molar-refractivity contribution in [3.05, 3.63) is 0 Å². The molecule has 0 saturated carbocycles. The summed E-state index contributed by atoms with van der Waals surface area (Å²) >= 11 is 0. The Morgan fingerprint density at radius 2 is 0.629 bits per heavy atom. The van der Waals surface area contributed by atoms with Crippen molar-refractivity contribution in [2.24, 2.45) is 0 Å². The van der Waals surface area contributed by atoms with Gasteiger partial charge in [-0.05, 0) is 32.1 Å². The van der Waals surface area contributed by atoms with Crippen LogP contribution >= 0.6 is 0 Å². The Morgan fingerprint density at radius 1 is 0.343 bits per heavy atom. The van der Waals surface area contributed by atoms with Crippen molar-refractivity contribution in [2.45, 2.75) is 155 Å². The van der Waals surface area contributed by atoms with E-state index in [9.17, 15) is 0 Å². The van der Waals surface area contributed by atoms with Gasteiger partial charge in [-0.1, -0.05) is 122 Å². The van der Waals surface area contributed by atoms with Crippen molar-refractivity contribution in [1.29, 1.82) is 0 Å². The Morgan fingerprint density at radius 3 is 0.971 bits per heavy atom. The standard InChI is InChI=1S/C32H68NO2/c1-5-6-7-8-9-10-11-12-13-14-15-16-17-19-22-25-29-34-31-27-32-35-30-26-23-20-18-21-24-28-33(2,3)4/h5-32H2,1-4H3/q+1. The molecule has 0 aromatic rings. The third-order valence-corrected chi connectivity index (χ3v) is 7.09. The SMILES string of the molecule is CCCCCCCCCCCCCCCCCCOCCCOCCCCCCCC[N+](C)(C)C. The monoisotopic (exact) mass is 499 g/mol. The molecule has 0 aliphatic carbocycles. The summed E-state index contributed by atoms with van der Waals surface area (Å²) in [6.07, 6.45) is 31.8. The Labute approximate surface area is 222 Å². The minimum absolute atomic E-state index is 0.864. The molecule has 0 aromatic carbocycles. The van der Waals surface area contributed by atoms with Gasteiger partial charge in [-0.2, -0.15) is 0 Å². The zero-order valence-corrected chi connectivity index (χ0v) is 25.1. The van der Waals surface area contributed by atoms with Gasteiger partial charge in [0.15, 0.2) is 0 Å². The Hall–Kier alpha value is -0.120. The minimum atomic E-state index is 0.864. The Balaban J connectivity index is 3.03. The molecule has 0 aromatic heterocycles. The first kappa shape index (κ1) is 34.9. The summed E-state index contributed by atoms with van der Waals surface area (Å²) in [5, 5.41) is 0. The van der Waals surface area contributed by atoms with Crippen LogP contribution in [-0.2, 0) is 9.47 Å². The highest BCUT2D eigenvalue weighted by Crippen LogP contribution is 2.14.